The lowest BCUT2D eigenvalue weighted by molar-refractivity contribution is -0.175. The summed E-state index contributed by atoms with van der Waals surface area (Å²) in [5.41, 5.74) is 0.602. The molecular weight excluding hydrogens is 584 g/mol. The van der Waals surface area contributed by atoms with Crippen molar-refractivity contribution >= 4 is 17.9 Å². The molecule has 12 fully saturated rings. The van der Waals surface area contributed by atoms with Crippen LogP contribution in [0.4, 0.5) is 0 Å². The SMILES string of the molecule is O=C(CC12CC3CC(CC(C3)C1)C2)OCOC(=O)CC12CC3CC(CC(C3)C1)C2.O=C(O)CC12CC3CC(CC(C3)C1)C2.OCO. The molecule has 0 heterocycles. The second kappa shape index (κ2) is 13.0. The minimum absolute atomic E-state index is 0.158. The fourth-order valence-electron chi connectivity index (χ4n) is 14.7. The van der Waals surface area contributed by atoms with Gasteiger partial charge in [0.1, 0.15) is 6.79 Å². The minimum Gasteiger partial charge on any atom is -0.481 e. The minimum atomic E-state index is -0.750. The Morgan fingerprint density at radius 1 is 0.457 bits per heavy atom. The Morgan fingerprint density at radius 2 is 0.674 bits per heavy atom. The first-order valence-corrected chi connectivity index (χ1v) is 18.8. The number of carboxylic acid groups (broad SMARTS) is 1. The molecule has 0 aliphatic heterocycles. The van der Waals surface area contributed by atoms with E-state index in [-0.39, 0.29) is 35.0 Å². The fourth-order valence-corrected chi connectivity index (χ4v) is 14.7. The number of carbonyl (C=O) groups is 3. The Labute approximate surface area is 274 Å². The molecule has 12 aliphatic carbocycles. The number of aliphatic hydroxyl groups excluding tert-OH is 1. The molecule has 0 saturated heterocycles. The van der Waals surface area contributed by atoms with Crippen molar-refractivity contribution in [3.05, 3.63) is 0 Å². The van der Waals surface area contributed by atoms with E-state index in [0.29, 0.717) is 19.3 Å². The highest BCUT2D eigenvalue weighted by molar-refractivity contribution is 5.72. The molecule has 0 amide bonds. The van der Waals surface area contributed by atoms with Crippen LogP contribution in [-0.2, 0) is 23.9 Å². The van der Waals surface area contributed by atoms with Crippen LogP contribution in [0.5, 0.6) is 0 Å². The normalized spacial score (nSPS) is 46.2. The highest BCUT2D eigenvalue weighted by Crippen LogP contribution is 2.63. The van der Waals surface area contributed by atoms with Crippen molar-refractivity contribution < 1.29 is 39.2 Å². The van der Waals surface area contributed by atoms with Gasteiger partial charge in [-0.25, -0.2) is 0 Å². The molecule has 0 unspecified atom stereocenters. The Hall–Kier alpha value is -1.67. The highest BCUT2D eigenvalue weighted by atomic mass is 16.7. The lowest BCUT2D eigenvalue weighted by Gasteiger charge is -2.56. The molecule has 12 bridgehead atoms. The maximum absolute atomic E-state index is 12.5. The second-order valence-corrected chi connectivity index (χ2v) is 18.5. The van der Waals surface area contributed by atoms with Gasteiger partial charge in [-0.05, 0) is 185 Å². The standard InChI is InChI=1S/C25H36O4.C12H18O2.CH4O2/c26-22(13-24-7-16-1-17(8-24)3-18(2-16)9-24)28-15-29-23(27)14-25-10-19-4-20(11-25)6-21(5-19)12-25;13-11(14)7-12-4-8-1-9(5-12)3-10(2-8)6-12;2-1-3/h16-21H,1-15H2;8-10H,1-7H2,(H,13,14);2-3H,1H2. The van der Waals surface area contributed by atoms with Gasteiger partial charge in [-0.3, -0.25) is 14.4 Å². The van der Waals surface area contributed by atoms with Gasteiger partial charge < -0.3 is 24.8 Å². The number of carbonyl (C=O) groups excluding carboxylic acids is 2. The van der Waals surface area contributed by atoms with Crippen LogP contribution in [0.25, 0.3) is 0 Å². The first-order valence-electron chi connectivity index (χ1n) is 18.8. The summed E-state index contributed by atoms with van der Waals surface area (Å²) in [4.78, 5) is 35.9. The van der Waals surface area contributed by atoms with Gasteiger partial charge in [0, 0.05) is 0 Å². The predicted molar refractivity (Wildman–Crippen MR) is 170 cm³/mol. The van der Waals surface area contributed by atoms with E-state index in [1.54, 1.807) is 0 Å². The number of aliphatic hydroxyl groups is 2. The Bertz CT molecular complexity index is 980. The molecule has 258 valence electrons. The average molecular weight is 643 g/mol. The Morgan fingerprint density at radius 3 is 0.891 bits per heavy atom. The van der Waals surface area contributed by atoms with Gasteiger partial charge in [-0.15, -0.1) is 0 Å². The number of hydrogen-bond donors (Lipinski definition) is 3. The van der Waals surface area contributed by atoms with Crippen molar-refractivity contribution in [1.29, 1.82) is 0 Å². The number of esters is 2. The number of hydrogen-bond acceptors (Lipinski definition) is 7. The van der Waals surface area contributed by atoms with Crippen LogP contribution in [0.3, 0.4) is 0 Å². The van der Waals surface area contributed by atoms with Gasteiger partial charge in [0.15, 0.2) is 0 Å². The van der Waals surface area contributed by atoms with E-state index in [2.05, 4.69) is 0 Å². The molecule has 0 radical (unpaired) electrons. The van der Waals surface area contributed by atoms with Crippen LogP contribution in [0.1, 0.15) is 135 Å². The third kappa shape index (κ3) is 7.18. The van der Waals surface area contributed by atoms with E-state index in [0.717, 1.165) is 53.3 Å². The fraction of sp³-hybridized carbons (Fsp3) is 0.921. The van der Waals surface area contributed by atoms with E-state index in [1.165, 1.54) is 116 Å². The summed E-state index contributed by atoms with van der Waals surface area (Å²) in [7, 11) is 0. The molecule has 0 aromatic carbocycles. The number of ether oxygens (including phenoxy) is 2. The van der Waals surface area contributed by atoms with Gasteiger partial charge in [0.05, 0.1) is 19.3 Å². The molecule has 0 atom stereocenters. The molecule has 8 nitrogen and oxygen atoms in total. The molecular formula is C38H58O8. The third-order valence-electron chi connectivity index (χ3n) is 14.5. The third-order valence-corrected chi connectivity index (χ3v) is 14.5. The number of carboxylic acids is 1. The van der Waals surface area contributed by atoms with Crippen LogP contribution in [-0.4, -0.2) is 46.8 Å². The largest absolute Gasteiger partial charge is 0.481 e. The maximum Gasteiger partial charge on any atom is 0.309 e. The summed E-state index contributed by atoms with van der Waals surface area (Å²) in [5, 5.41) is 23.2. The quantitative estimate of drug-likeness (QED) is 0.194. The van der Waals surface area contributed by atoms with E-state index in [1.807, 2.05) is 0 Å². The summed E-state index contributed by atoms with van der Waals surface area (Å²) >= 11 is 0. The highest BCUT2D eigenvalue weighted by Gasteiger charge is 2.54. The van der Waals surface area contributed by atoms with Gasteiger partial charge in [0.25, 0.3) is 0 Å². The van der Waals surface area contributed by atoms with Crippen molar-refractivity contribution in [3.8, 4) is 0 Å². The van der Waals surface area contributed by atoms with E-state index < -0.39 is 12.8 Å². The van der Waals surface area contributed by atoms with Gasteiger partial charge in [-0.2, -0.15) is 0 Å². The molecule has 0 spiro atoms. The first-order chi connectivity index (χ1) is 22.0. The van der Waals surface area contributed by atoms with E-state index in [4.69, 9.17) is 24.8 Å². The average Bonchev–Trinajstić information content (AvgIpc) is 2.90. The number of aliphatic carboxylic acids is 1. The zero-order valence-corrected chi connectivity index (χ0v) is 27.8. The molecule has 3 N–H and O–H groups in total. The Balaban J connectivity index is 0.000000166. The lowest BCUT2D eigenvalue weighted by Crippen LogP contribution is -2.47. The van der Waals surface area contributed by atoms with Crippen molar-refractivity contribution in [3.63, 3.8) is 0 Å². The first kappa shape index (κ1) is 32.9. The smallest absolute Gasteiger partial charge is 0.309 e. The molecule has 12 rings (SSSR count). The van der Waals surface area contributed by atoms with Crippen molar-refractivity contribution in [1.82, 2.24) is 0 Å². The van der Waals surface area contributed by atoms with Crippen LogP contribution >= 0.6 is 0 Å². The van der Waals surface area contributed by atoms with E-state index in [9.17, 15) is 14.4 Å². The van der Waals surface area contributed by atoms with Crippen molar-refractivity contribution in [2.24, 2.45) is 69.5 Å². The molecule has 12 saturated carbocycles. The van der Waals surface area contributed by atoms with Crippen LogP contribution in [0, 0.1) is 69.5 Å². The van der Waals surface area contributed by atoms with Gasteiger partial charge in [0.2, 0.25) is 6.79 Å². The summed E-state index contributed by atoms with van der Waals surface area (Å²) in [6, 6.07) is 0. The van der Waals surface area contributed by atoms with Gasteiger partial charge in [-0.1, -0.05) is 0 Å². The second-order valence-electron chi connectivity index (χ2n) is 18.5. The summed E-state index contributed by atoms with van der Waals surface area (Å²) in [5.74, 6) is 6.77. The molecule has 0 aromatic heterocycles. The topological polar surface area (TPSA) is 130 Å². The summed E-state index contributed by atoms with van der Waals surface area (Å²) in [6.45, 7) is -0.934. The summed E-state index contributed by atoms with van der Waals surface area (Å²) in [6.07, 6.45) is 24.9. The number of rotatable bonds is 8. The molecule has 8 heteroatoms. The maximum atomic E-state index is 12.5. The van der Waals surface area contributed by atoms with Crippen LogP contribution in [0.15, 0.2) is 0 Å². The molecule has 0 aromatic rings. The molecule has 46 heavy (non-hydrogen) atoms. The van der Waals surface area contributed by atoms with Crippen molar-refractivity contribution in [2.75, 3.05) is 13.6 Å². The van der Waals surface area contributed by atoms with Crippen LogP contribution < -0.4 is 0 Å². The van der Waals surface area contributed by atoms with Crippen molar-refractivity contribution in [2.45, 2.75) is 135 Å². The van der Waals surface area contributed by atoms with Crippen LogP contribution in [0.2, 0.25) is 0 Å². The van der Waals surface area contributed by atoms with E-state index >= 15 is 0 Å². The Kier molecular flexibility index (Phi) is 9.27. The molecule has 12 aliphatic rings. The van der Waals surface area contributed by atoms with Gasteiger partial charge >= 0.3 is 17.9 Å². The monoisotopic (exact) mass is 642 g/mol. The summed E-state index contributed by atoms with van der Waals surface area (Å²) < 4.78 is 10.8. The zero-order chi connectivity index (χ0) is 32.1. The lowest BCUT2D eigenvalue weighted by atomic mass is 9.49. The predicted octanol–water partition coefficient (Wildman–Crippen LogP) is 6.85. The zero-order valence-electron chi connectivity index (χ0n) is 27.8.